The highest BCUT2D eigenvalue weighted by Crippen LogP contribution is 2.38. The van der Waals surface area contributed by atoms with Crippen molar-refractivity contribution in [2.24, 2.45) is 11.8 Å². The molecule has 1 aromatic rings. The zero-order valence-corrected chi connectivity index (χ0v) is 10.4. The molecule has 1 aliphatic carbocycles. The molecule has 1 saturated carbocycles. The molecule has 0 saturated heterocycles. The fraction of sp³-hybridized carbons (Fsp3) is 0.636. The lowest BCUT2D eigenvalue weighted by Gasteiger charge is -2.14. The van der Waals surface area contributed by atoms with Gasteiger partial charge in [-0.25, -0.2) is 4.68 Å². The van der Waals surface area contributed by atoms with Crippen molar-refractivity contribution in [3.63, 3.8) is 0 Å². The van der Waals surface area contributed by atoms with Gasteiger partial charge in [0.25, 0.3) is 5.91 Å². The minimum atomic E-state index is -1.01. The summed E-state index contributed by atoms with van der Waals surface area (Å²) in [5.41, 5.74) is 0.187. The minimum Gasteiger partial charge on any atom is -0.480 e. The lowest BCUT2D eigenvalue weighted by Crippen LogP contribution is -2.29. The smallest absolute Gasteiger partial charge is 0.325 e. The second-order valence-electron chi connectivity index (χ2n) is 4.85. The van der Waals surface area contributed by atoms with Crippen LogP contribution in [0.3, 0.4) is 0 Å². The number of nitrogens with zero attached hydrogens (tertiary/aromatic N) is 4. The van der Waals surface area contributed by atoms with E-state index in [2.05, 4.69) is 17.2 Å². The molecular weight excluding hydrogens is 236 g/mol. The molecule has 1 aromatic heterocycles. The zero-order chi connectivity index (χ0) is 13.3. The number of aliphatic carboxylic acids is 1. The molecule has 0 radical (unpaired) electrons. The molecule has 2 unspecified atom stereocenters. The van der Waals surface area contributed by atoms with E-state index >= 15 is 0 Å². The van der Waals surface area contributed by atoms with Crippen molar-refractivity contribution in [3.05, 3.63) is 11.9 Å². The van der Waals surface area contributed by atoms with Crippen LogP contribution >= 0.6 is 0 Å². The first kappa shape index (κ1) is 12.5. The van der Waals surface area contributed by atoms with E-state index < -0.39 is 5.97 Å². The van der Waals surface area contributed by atoms with Gasteiger partial charge >= 0.3 is 5.97 Å². The van der Waals surface area contributed by atoms with Gasteiger partial charge in [-0.05, 0) is 18.3 Å². The Bertz CT molecular complexity index is 471. The molecule has 1 fully saturated rings. The highest BCUT2D eigenvalue weighted by atomic mass is 16.4. The van der Waals surface area contributed by atoms with Crippen molar-refractivity contribution in [3.8, 4) is 0 Å². The molecule has 7 heteroatoms. The molecule has 7 nitrogen and oxygen atoms in total. The van der Waals surface area contributed by atoms with E-state index in [-0.39, 0.29) is 18.1 Å². The maximum absolute atomic E-state index is 12.0. The summed E-state index contributed by atoms with van der Waals surface area (Å²) in [7, 11) is 1.73. The monoisotopic (exact) mass is 252 g/mol. The SMILES string of the molecule is CC1CC1CN(C)C(=O)c1cn(CC(=O)O)nn1. The van der Waals surface area contributed by atoms with Crippen molar-refractivity contribution in [1.29, 1.82) is 0 Å². The second kappa shape index (κ2) is 4.75. The third-order valence-electron chi connectivity index (χ3n) is 3.19. The molecular formula is C11H16N4O3. The van der Waals surface area contributed by atoms with Gasteiger partial charge in [0.1, 0.15) is 6.54 Å². The Labute approximate surface area is 104 Å². The first-order chi connectivity index (χ1) is 8.47. The van der Waals surface area contributed by atoms with E-state index in [1.54, 1.807) is 11.9 Å². The maximum Gasteiger partial charge on any atom is 0.325 e. The molecule has 1 heterocycles. The van der Waals surface area contributed by atoms with E-state index in [0.29, 0.717) is 18.4 Å². The van der Waals surface area contributed by atoms with Gasteiger partial charge in [-0.2, -0.15) is 0 Å². The number of carboxylic acids is 1. The fourth-order valence-corrected chi connectivity index (χ4v) is 1.90. The first-order valence-electron chi connectivity index (χ1n) is 5.84. The lowest BCUT2D eigenvalue weighted by molar-refractivity contribution is -0.137. The van der Waals surface area contributed by atoms with E-state index in [1.807, 2.05) is 0 Å². The second-order valence-corrected chi connectivity index (χ2v) is 4.85. The maximum atomic E-state index is 12.0. The number of carboxylic acid groups (broad SMARTS) is 1. The Morgan fingerprint density at radius 3 is 2.83 bits per heavy atom. The summed E-state index contributed by atoms with van der Waals surface area (Å²) in [6, 6.07) is 0. The summed E-state index contributed by atoms with van der Waals surface area (Å²) in [6.07, 6.45) is 2.52. The summed E-state index contributed by atoms with van der Waals surface area (Å²) in [4.78, 5) is 24.1. The quantitative estimate of drug-likeness (QED) is 0.802. The van der Waals surface area contributed by atoms with Crippen LogP contribution in [0, 0.1) is 11.8 Å². The highest BCUT2D eigenvalue weighted by Gasteiger charge is 2.34. The summed E-state index contributed by atoms with van der Waals surface area (Å²) < 4.78 is 1.14. The van der Waals surface area contributed by atoms with Gasteiger partial charge < -0.3 is 10.0 Å². The topological polar surface area (TPSA) is 88.3 Å². The third-order valence-corrected chi connectivity index (χ3v) is 3.19. The van der Waals surface area contributed by atoms with Crippen LogP contribution in [0.5, 0.6) is 0 Å². The Balaban J connectivity index is 1.95. The van der Waals surface area contributed by atoms with E-state index in [0.717, 1.165) is 11.1 Å². The van der Waals surface area contributed by atoms with Crippen LogP contribution < -0.4 is 0 Å². The van der Waals surface area contributed by atoms with E-state index in [9.17, 15) is 9.59 Å². The van der Waals surface area contributed by atoms with E-state index in [4.69, 9.17) is 5.11 Å². The lowest BCUT2D eigenvalue weighted by atomic mass is 10.3. The number of carbonyl (C=O) groups excluding carboxylic acids is 1. The third kappa shape index (κ3) is 2.85. The van der Waals surface area contributed by atoms with Gasteiger partial charge in [0, 0.05) is 13.6 Å². The van der Waals surface area contributed by atoms with Crippen LogP contribution in [0.15, 0.2) is 6.20 Å². The Hall–Kier alpha value is -1.92. The summed E-state index contributed by atoms with van der Waals surface area (Å²) in [5, 5.41) is 15.9. The summed E-state index contributed by atoms with van der Waals surface area (Å²) in [5.74, 6) is 0.0285. The Kier molecular flexibility index (Phi) is 3.31. The molecule has 0 aromatic carbocycles. The van der Waals surface area contributed by atoms with Crippen LogP contribution in [0.25, 0.3) is 0 Å². The first-order valence-corrected chi connectivity index (χ1v) is 5.84. The molecule has 18 heavy (non-hydrogen) atoms. The van der Waals surface area contributed by atoms with Gasteiger partial charge in [-0.1, -0.05) is 12.1 Å². The number of amides is 1. The number of hydrogen-bond donors (Lipinski definition) is 1. The number of aromatic nitrogens is 3. The van der Waals surface area contributed by atoms with Crippen LogP contribution in [0.2, 0.25) is 0 Å². The van der Waals surface area contributed by atoms with Crippen molar-refractivity contribution >= 4 is 11.9 Å². The highest BCUT2D eigenvalue weighted by molar-refractivity contribution is 5.91. The largest absolute Gasteiger partial charge is 0.480 e. The van der Waals surface area contributed by atoms with Crippen molar-refractivity contribution in [1.82, 2.24) is 19.9 Å². The van der Waals surface area contributed by atoms with Gasteiger partial charge in [0.05, 0.1) is 6.20 Å². The van der Waals surface area contributed by atoms with E-state index in [1.165, 1.54) is 6.20 Å². The molecule has 0 bridgehead atoms. The molecule has 2 atom stereocenters. The standard InChI is InChI=1S/C11H16N4O3/c1-7-3-8(7)4-14(2)11(18)9-5-15(13-12-9)6-10(16)17/h5,7-8H,3-4,6H2,1-2H3,(H,16,17). The van der Waals surface area contributed by atoms with Crippen LogP contribution in [0.4, 0.5) is 0 Å². The molecule has 2 rings (SSSR count). The minimum absolute atomic E-state index is 0.187. The summed E-state index contributed by atoms with van der Waals surface area (Å²) >= 11 is 0. The Morgan fingerprint density at radius 2 is 2.28 bits per heavy atom. The van der Waals surface area contributed by atoms with Crippen molar-refractivity contribution in [2.75, 3.05) is 13.6 Å². The van der Waals surface area contributed by atoms with Crippen molar-refractivity contribution in [2.45, 2.75) is 19.9 Å². The molecule has 98 valence electrons. The van der Waals surface area contributed by atoms with Crippen molar-refractivity contribution < 1.29 is 14.7 Å². The molecule has 1 N–H and O–H groups in total. The average molecular weight is 252 g/mol. The molecule has 0 spiro atoms. The average Bonchev–Trinajstić information content (AvgIpc) is 2.78. The normalized spacial score (nSPS) is 21.7. The molecule has 0 aliphatic heterocycles. The van der Waals surface area contributed by atoms with Crippen LogP contribution in [-0.2, 0) is 11.3 Å². The summed E-state index contributed by atoms with van der Waals surface area (Å²) in [6.45, 7) is 2.58. The number of rotatable bonds is 5. The number of carbonyl (C=O) groups is 2. The Morgan fingerprint density at radius 1 is 1.61 bits per heavy atom. The molecule has 1 amide bonds. The predicted octanol–water partition coefficient (Wildman–Crippen LogP) is 0.0907. The fourth-order valence-electron chi connectivity index (χ4n) is 1.90. The molecule has 1 aliphatic rings. The van der Waals surface area contributed by atoms with Gasteiger partial charge in [-0.15, -0.1) is 5.10 Å². The van der Waals surface area contributed by atoms with Gasteiger partial charge in [0.2, 0.25) is 0 Å². The van der Waals surface area contributed by atoms with Gasteiger partial charge in [-0.3, -0.25) is 9.59 Å². The van der Waals surface area contributed by atoms with Crippen LogP contribution in [-0.4, -0.2) is 50.5 Å². The zero-order valence-electron chi connectivity index (χ0n) is 10.4. The van der Waals surface area contributed by atoms with Crippen LogP contribution in [0.1, 0.15) is 23.8 Å². The van der Waals surface area contributed by atoms with Gasteiger partial charge in [0.15, 0.2) is 5.69 Å². The number of hydrogen-bond acceptors (Lipinski definition) is 4. The predicted molar refractivity (Wildman–Crippen MR) is 61.9 cm³/mol.